The van der Waals surface area contributed by atoms with Crippen molar-refractivity contribution in [3.63, 3.8) is 0 Å². The van der Waals surface area contributed by atoms with Crippen LogP contribution in [-0.4, -0.2) is 59.6 Å². The first-order valence-corrected chi connectivity index (χ1v) is 9.56. The number of aromatic nitrogens is 3. The Labute approximate surface area is 135 Å². The number of hydrogen-bond donors (Lipinski definition) is 1. The van der Waals surface area contributed by atoms with Crippen LogP contribution in [0.3, 0.4) is 0 Å². The van der Waals surface area contributed by atoms with Crippen LogP contribution in [-0.2, 0) is 10.0 Å². The highest BCUT2D eigenvalue weighted by Gasteiger charge is 2.58. The van der Waals surface area contributed by atoms with Crippen LogP contribution in [0.1, 0.15) is 19.8 Å². The first kappa shape index (κ1) is 14.9. The van der Waals surface area contributed by atoms with Gasteiger partial charge in [0, 0.05) is 31.7 Å². The third-order valence-electron chi connectivity index (χ3n) is 5.36. The van der Waals surface area contributed by atoms with Crippen molar-refractivity contribution >= 4 is 26.9 Å². The highest BCUT2D eigenvalue weighted by molar-refractivity contribution is 7.89. The number of nitrogens with zero attached hydrogens (tertiary/aromatic N) is 4. The molecule has 23 heavy (non-hydrogen) atoms. The summed E-state index contributed by atoms with van der Waals surface area (Å²) in [7, 11) is -1.13. The molecule has 2 fully saturated rings. The molecule has 0 bridgehead atoms. The van der Waals surface area contributed by atoms with Gasteiger partial charge in [0.1, 0.15) is 17.8 Å². The van der Waals surface area contributed by atoms with E-state index in [0.717, 1.165) is 29.7 Å². The lowest BCUT2D eigenvalue weighted by Gasteiger charge is -2.30. The quantitative estimate of drug-likeness (QED) is 0.908. The predicted molar refractivity (Wildman–Crippen MR) is 88.8 cm³/mol. The third kappa shape index (κ3) is 2.23. The summed E-state index contributed by atoms with van der Waals surface area (Å²) in [5, 5.41) is 0.975. The first-order valence-electron chi connectivity index (χ1n) is 7.96. The van der Waals surface area contributed by atoms with Crippen molar-refractivity contribution in [2.24, 2.45) is 5.41 Å². The summed E-state index contributed by atoms with van der Waals surface area (Å²) >= 11 is 0. The molecule has 2 aliphatic rings. The minimum absolute atomic E-state index is 0.0879. The molecule has 0 unspecified atom stereocenters. The largest absolute Gasteiger partial charge is 0.354 e. The van der Waals surface area contributed by atoms with Gasteiger partial charge in [-0.15, -0.1) is 0 Å². The van der Waals surface area contributed by atoms with Gasteiger partial charge >= 0.3 is 0 Å². The van der Waals surface area contributed by atoms with Crippen molar-refractivity contribution in [2.45, 2.75) is 25.8 Å². The molecule has 0 aromatic carbocycles. The number of rotatable bonds is 4. The zero-order valence-electron chi connectivity index (χ0n) is 13.4. The lowest BCUT2D eigenvalue weighted by atomic mass is 9.99. The van der Waals surface area contributed by atoms with E-state index in [0.29, 0.717) is 13.1 Å². The van der Waals surface area contributed by atoms with Gasteiger partial charge in [-0.05, 0) is 25.8 Å². The van der Waals surface area contributed by atoms with Crippen LogP contribution in [0.2, 0.25) is 0 Å². The fourth-order valence-corrected chi connectivity index (χ4v) is 4.96. The molecule has 3 heterocycles. The average molecular weight is 335 g/mol. The van der Waals surface area contributed by atoms with E-state index in [1.54, 1.807) is 17.6 Å². The van der Waals surface area contributed by atoms with E-state index in [1.165, 1.54) is 0 Å². The highest BCUT2D eigenvalue weighted by Crippen LogP contribution is 2.55. The topological polar surface area (TPSA) is 82.2 Å². The Morgan fingerprint density at radius 1 is 1.43 bits per heavy atom. The number of anilines is 1. The van der Waals surface area contributed by atoms with Crippen LogP contribution in [0.4, 0.5) is 5.82 Å². The molecule has 1 atom stereocenters. The molecule has 0 amide bonds. The van der Waals surface area contributed by atoms with Crippen molar-refractivity contribution in [1.82, 2.24) is 19.3 Å². The molecule has 2 aromatic heterocycles. The number of sulfonamides is 1. The van der Waals surface area contributed by atoms with E-state index in [2.05, 4.69) is 19.9 Å². The Bertz CT molecular complexity index is 842. The van der Waals surface area contributed by atoms with Gasteiger partial charge in [-0.1, -0.05) is 0 Å². The summed E-state index contributed by atoms with van der Waals surface area (Å²) < 4.78 is 26.2. The van der Waals surface area contributed by atoms with E-state index < -0.39 is 10.0 Å². The first-order chi connectivity index (χ1) is 11.0. The number of fused-ring (bicyclic) bond motifs is 1. The second kappa shape index (κ2) is 4.91. The van der Waals surface area contributed by atoms with Gasteiger partial charge in [-0.2, -0.15) is 4.31 Å². The zero-order chi connectivity index (χ0) is 16.2. The molecule has 7 nitrogen and oxygen atoms in total. The SMILES string of the molecule is CCS(=O)(=O)N1C[C@H](N(C)c2ncnc3[nH]ccc23)C2(CC2)C1. The van der Waals surface area contributed by atoms with E-state index in [4.69, 9.17) is 0 Å². The third-order valence-corrected chi connectivity index (χ3v) is 7.15. The lowest BCUT2D eigenvalue weighted by Crippen LogP contribution is -2.40. The van der Waals surface area contributed by atoms with E-state index in [9.17, 15) is 8.42 Å². The number of aromatic amines is 1. The maximum Gasteiger partial charge on any atom is 0.213 e. The fraction of sp³-hybridized carbons (Fsp3) is 0.600. The van der Waals surface area contributed by atoms with Crippen molar-refractivity contribution in [2.75, 3.05) is 30.8 Å². The monoisotopic (exact) mass is 335 g/mol. The van der Waals surface area contributed by atoms with E-state index in [1.807, 2.05) is 19.3 Å². The smallest absolute Gasteiger partial charge is 0.213 e. The molecule has 2 aromatic rings. The van der Waals surface area contributed by atoms with E-state index in [-0.39, 0.29) is 17.2 Å². The molecule has 1 aliphatic heterocycles. The van der Waals surface area contributed by atoms with Crippen molar-refractivity contribution < 1.29 is 8.42 Å². The molecule has 1 saturated carbocycles. The second-order valence-corrected chi connectivity index (χ2v) is 8.88. The van der Waals surface area contributed by atoms with E-state index >= 15 is 0 Å². The zero-order valence-corrected chi connectivity index (χ0v) is 14.2. The summed E-state index contributed by atoms with van der Waals surface area (Å²) in [4.78, 5) is 13.9. The minimum atomic E-state index is -3.14. The molecule has 1 aliphatic carbocycles. The number of hydrogen-bond acceptors (Lipinski definition) is 5. The molecular formula is C15H21N5O2S. The Morgan fingerprint density at radius 2 is 2.22 bits per heavy atom. The number of nitrogens with one attached hydrogen (secondary N) is 1. The maximum atomic E-state index is 12.3. The van der Waals surface area contributed by atoms with Crippen LogP contribution < -0.4 is 4.90 Å². The molecule has 4 rings (SSSR count). The maximum absolute atomic E-state index is 12.3. The summed E-state index contributed by atoms with van der Waals surface area (Å²) in [6.07, 6.45) is 5.57. The van der Waals surface area contributed by atoms with Crippen LogP contribution >= 0.6 is 0 Å². The summed E-state index contributed by atoms with van der Waals surface area (Å²) in [6.45, 7) is 2.89. The standard InChI is InChI=1S/C15H21N5O2S/c1-3-23(21,22)20-8-12(15(9-20)5-6-15)19(2)14-11-4-7-16-13(11)17-10-18-14/h4,7,10,12H,3,5-6,8-9H2,1-2H3,(H,16,17,18)/t12-/m0/s1. The Kier molecular flexibility index (Phi) is 3.18. The molecule has 1 N–H and O–H groups in total. The van der Waals surface area contributed by atoms with Gasteiger partial charge in [0.05, 0.1) is 17.2 Å². The summed E-state index contributed by atoms with van der Waals surface area (Å²) in [5.41, 5.74) is 0.896. The van der Waals surface area contributed by atoms with Gasteiger partial charge < -0.3 is 9.88 Å². The fourth-order valence-electron chi connectivity index (χ4n) is 3.77. The second-order valence-electron chi connectivity index (χ2n) is 6.62. The van der Waals surface area contributed by atoms with Gasteiger partial charge in [-0.25, -0.2) is 18.4 Å². The summed E-state index contributed by atoms with van der Waals surface area (Å²) in [6, 6.07) is 2.13. The number of H-pyrrole nitrogens is 1. The van der Waals surface area contributed by atoms with Crippen molar-refractivity contribution in [1.29, 1.82) is 0 Å². The molecule has 0 radical (unpaired) electrons. The molecule has 1 saturated heterocycles. The van der Waals surface area contributed by atoms with Crippen molar-refractivity contribution in [3.05, 3.63) is 18.6 Å². The minimum Gasteiger partial charge on any atom is -0.354 e. The Morgan fingerprint density at radius 3 is 2.91 bits per heavy atom. The van der Waals surface area contributed by atoms with Gasteiger partial charge in [0.15, 0.2) is 0 Å². The normalized spacial score (nSPS) is 23.7. The highest BCUT2D eigenvalue weighted by atomic mass is 32.2. The average Bonchev–Trinajstić information content (AvgIpc) is 2.98. The van der Waals surface area contributed by atoms with Crippen LogP contribution in [0.25, 0.3) is 11.0 Å². The number of likely N-dealkylation sites (N-methyl/N-ethyl adjacent to an activating group) is 1. The van der Waals surface area contributed by atoms with Crippen molar-refractivity contribution in [3.8, 4) is 0 Å². The molecule has 1 spiro atoms. The molecule has 124 valence electrons. The Hall–Kier alpha value is -1.67. The van der Waals surface area contributed by atoms with Crippen LogP contribution in [0.15, 0.2) is 18.6 Å². The summed E-state index contributed by atoms with van der Waals surface area (Å²) in [5.74, 6) is 1.03. The molecular weight excluding hydrogens is 314 g/mol. The van der Waals surface area contributed by atoms with Gasteiger partial charge in [-0.3, -0.25) is 0 Å². The molecule has 8 heteroatoms. The Balaban J connectivity index is 1.69. The lowest BCUT2D eigenvalue weighted by molar-refractivity contribution is 0.447. The van der Waals surface area contributed by atoms with Gasteiger partial charge in [0.25, 0.3) is 0 Å². The predicted octanol–water partition coefficient (Wildman–Crippen LogP) is 1.21. The van der Waals surface area contributed by atoms with Crippen LogP contribution in [0, 0.1) is 5.41 Å². The van der Waals surface area contributed by atoms with Crippen LogP contribution in [0.5, 0.6) is 0 Å². The van der Waals surface area contributed by atoms with Gasteiger partial charge in [0.2, 0.25) is 10.0 Å².